The zero-order valence-corrected chi connectivity index (χ0v) is 22.9. The largest absolute Gasteiger partial charge is 0.478 e. The highest BCUT2D eigenvalue weighted by Gasteiger charge is 2.04. The van der Waals surface area contributed by atoms with Crippen molar-refractivity contribution in [1.82, 2.24) is 5.32 Å². The van der Waals surface area contributed by atoms with Crippen molar-refractivity contribution >= 4 is 70.2 Å². The number of benzene rings is 1. The molecule has 1 aromatic heterocycles. The van der Waals surface area contributed by atoms with E-state index in [1.165, 1.54) is 0 Å². The van der Waals surface area contributed by atoms with Crippen molar-refractivity contribution in [3.05, 3.63) is 100 Å². The molecule has 0 unspecified atom stereocenters. The molecule has 0 atom stereocenters. The zero-order chi connectivity index (χ0) is 30.6. The van der Waals surface area contributed by atoms with Crippen LogP contribution in [0.4, 0.5) is 5.69 Å². The van der Waals surface area contributed by atoms with E-state index >= 15 is 0 Å². The average Bonchev–Trinajstić information content (AvgIpc) is 3.47. The van der Waals surface area contributed by atoms with Crippen molar-refractivity contribution < 1.29 is 39.6 Å². The van der Waals surface area contributed by atoms with Crippen LogP contribution in [0, 0.1) is 5.41 Å². The maximum atomic E-state index is 9.55. The summed E-state index contributed by atoms with van der Waals surface area (Å²) in [4.78, 5) is 44.4. The maximum Gasteiger partial charge on any atom is 0.328 e. The van der Waals surface area contributed by atoms with Gasteiger partial charge in [-0.3, -0.25) is 5.41 Å². The second-order valence-electron chi connectivity index (χ2n) is 7.44. The number of carbonyl (C=O) groups is 4. The second kappa shape index (κ2) is 18.9. The van der Waals surface area contributed by atoms with Crippen LogP contribution in [0.25, 0.3) is 0 Å². The summed E-state index contributed by atoms with van der Waals surface area (Å²) < 4.78 is 0. The third kappa shape index (κ3) is 16.4. The van der Waals surface area contributed by atoms with Gasteiger partial charge in [0.25, 0.3) is 0 Å². The van der Waals surface area contributed by atoms with Gasteiger partial charge < -0.3 is 31.1 Å². The van der Waals surface area contributed by atoms with Gasteiger partial charge in [-0.2, -0.15) is 0 Å². The molecule has 14 heteroatoms. The predicted molar refractivity (Wildman–Crippen MR) is 160 cm³/mol. The number of aliphatic carboxylic acids is 4. The van der Waals surface area contributed by atoms with Crippen LogP contribution in [0.15, 0.2) is 95.0 Å². The molecule has 41 heavy (non-hydrogen) atoms. The summed E-state index contributed by atoms with van der Waals surface area (Å²) in [5, 5.41) is 47.5. The third-order valence-corrected chi connectivity index (χ3v) is 5.57. The Bertz CT molecular complexity index is 1310. The molecule has 0 fully saturated rings. The van der Waals surface area contributed by atoms with Crippen molar-refractivity contribution in [2.24, 2.45) is 4.99 Å². The number of thiocarbonyl (C=S) groups is 1. The van der Waals surface area contributed by atoms with Gasteiger partial charge in [0.15, 0.2) is 0 Å². The molecular weight excluding hydrogens is 572 g/mol. The monoisotopic (exact) mass is 598 g/mol. The highest BCUT2D eigenvalue weighted by Crippen LogP contribution is 2.14. The topological polar surface area (TPSA) is 209 Å². The first-order chi connectivity index (χ1) is 19.5. The molecule has 0 aliphatic heterocycles. The lowest BCUT2D eigenvalue weighted by Gasteiger charge is -2.08. The summed E-state index contributed by atoms with van der Waals surface area (Å²) in [7, 11) is 0. The van der Waals surface area contributed by atoms with Gasteiger partial charge in [-0.1, -0.05) is 42.6 Å². The summed E-state index contributed by atoms with van der Waals surface area (Å²) >= 11 is 6.81. The van der Waals surface area contributed by atoms with Crippen molar-refractivity contribution in [2.45, 2.75) is 13.0 Å². The summed E-state index contributed by atoms with van der Waals surface area (Å²) in [5.41, 5.74) is 2.89. The Morgan fingerprint density at radius 3 is 1.95 bits per heavy atom. The van der Waals surface area contributed by atoms with Crippen LogP contribution in [0.1, 0.15) is 16.9 Å². The number of carboxylic acids is 4. The fourth-order valence-corrected chi connectivity index (χ4v) is 3.39. The number of nitrogens with zero attached hydrogens (tertiary/aromatic N) is 1. The van der Waals surface area contributed by atoms with Gasteiger partial charge >= 0.3 is 23.9 Å². The Kier molecular flexibility index (Phi) is 15.6. The minimum atomic E-state index is -1.26. The first-order valence-corrected chi connectivity index (χ1v) is 12.7. The highest BCUT2D eigenvalue weighted by molar-refractivity contribution is 7.80. The lowest BCUT2D eigenvalue weighted by molar-refractivity contribution is -0.134. The molecule has 3 rings (SSSR count). The Hall–Kier alpha value is -5.21. The highest BCUT2D eigenvalue weighted by atomic mass is 32.1. The number of hydrogen-bond acceptors (Lipinski definition) is 8. The molecule has 1 aliphatic rings. The lowest BCUT2D eigenvalue weighted by Crippen LogP contribution is -2.12. The minimum Gasteiger partial charge on any atom is -0.478 e. The molecule has 0 spiro atoms. The van der Waals surface area contributed by atoms with E-state index in [9.17, 15) is 19.2 Å². The molecule has 1 aromatic carbocycles. The SMILES string of the molecule is N=C(Nc1ccc(CNC=NC2=CC=CCC2=S)cc1)c1cccs1.O=C(O)/C=C/C(=O)O.O=C(O)/C=C/C(=O)O. The molecule has 0 amide bonds. The number of nitrogens with one attached hydrogen (secondary N) is 3. The number of anilines is 1. The summed E-state index contributed by atoms with van der Waals surface area (Å²) in [6, 6.07) is 11.9. The number of amidine groups is 1. The molecule has 0 saturated heterocycles. The maximum absolute atomic E-state index is 9.55. The number of rotatable bonds is 10. The van der Waals surface area contributed by atoms with Crippen LogP contribution in [0.5, 0.6) is 0 Å². The Labute approximate surface area is 243 Å². The standard InChI is InChI=1S/C19H18N4S2.2C4H4O4/c20-19(18-6-3-11-25-18)23-15-9-7-14(8-10-15)12-21-13-22-16-4-1-2-5-17(16)24;2*5-3(6)1-2-4(7)8/h1-4,6-11,13H,5,12H2,(H2,20,23)(H,21,22);2*1-2H,(H,5,6)(H,7,8)/b;2*2-1+. The summed E-state index contributed by atoms with van der Waals surface area (Å²) in [6.45, 7) is 0.683. The van der Waals surface area contributed by atoms with Crippen LogP contribution in [-0.2, 0) is 25.7 Å². The van der Waals surface area contributed by atoms with Gasteiger partial charge in [-0.05, 0) is 35.2 Å². The molecule has 0 bridgehead atoms. The molecule has 7 N–H and O–H groups in total. The first-order valence-electron chi connectivity index (χ1n) is 11.4. The van der Waals surface area contributed by atoms with Crippen LogP contribution in [-0.4, -0.2) is 61.3 Å². The Morgan fingerprint density at radius 1 is 0.927 bits per heavy atom. The molecule has 1 aliphatic carbocycles. The van der Waals surface area contributed by atoms with Gasteiger partial charge in [0.1, 0.15) is 5.84 Å². The van der Waals surface area contributed by atoms with E-state index in [1.807, 2.05) is 60.0 Å². The lowest BCUT2D eigenvalue weighted by atomic mass is 10.1. The van der Waals surface area contributed by atoms with E-state index in [0.29, 0.717) is 36.7 Å². The van der Waals surface area contributed by atoms with Crippen molar-refractivity contribution in [2.75, 3.05) is 5.32 Å². The van der Waals surface area contributed by atoms with Crippen LogP contribution in [0.3, 0.4) is 0 Å². The van der Waals surface area contributed by atoms with Gasteiger partial charge in [0, 0.05) is 47.8 Å². The van der Waals surface area contributed by atoms with E-state index in [2.05, 4.69) is 15.6 Å². The third-order valence-electron chi connectivity index (χ3n) is 4.31. The predicted octanol–water partition coefficient (Wildman–Crippen LogP) is 3.94. The molecule has 12 nitrogen and oxygen atoms in total. The normalized spacial score (nSPS) is 12.1. The molecule has 214 valence electrons. The van der Waals surface area contributed by atoms with Gasteiger partial charge in [0.05, 0.1) is 16.9 Å². The van der Waals surface area contributed by atoms with Crippen molar-refractivity contribution in [3.8, 4) is 0 Å². The first kappa shape index (κ1) is 33.8. The second-order valence-corrected chi connectivity index (χ2v) is 8.88. The number of aliphatic imine (C=N–C) groups is 1. The van der Waals surface area contributed by atoms with E-state index < -0.39 is 23.9 Å². The van der Waals surface area contributed by atoms with E-state index in [0.717, 1.165) is 33.1 Å². The fourth-order valence-electron chi connectivity index (χ4n) is 2.54. The van der Waals surface area contributed by atoms with Gasteiger partial charge in [-0.25, -0.2) is 24.2 Å². The van der Waals surface area contributed by atoms with E-state index in [1.54, 1.807) is 17.7 Å². The van der Waals surface area contributed by atoms with Crippen LogP contribution < -0.4 is 10.6 Å². The Morgan fingerprint density at radius 2 is 1.49 bits per heavy atom. The smallest absolute Gasteiger partial charge is 0.328 e. The molecule has 0 saturated carbocycles. The number of thiophene rings is 1. The molecule has 0 radical (unpaired) electrons. The average molecular weight is 599 g/mol. The van der Waals surface area contributed by atoms with Gasteiger partial charge in [0.2, 0.25) is 0 Å². The van der Waals surface area contributed by atoms with Crippen molar-refractivity contribution in [3.63, 3.8) is 0 Å². The van der Waals surface area contributed by atoms with E-state index in [-0.39, 0.29) is 0 Å². The molecule has 1 heterocycles. The zero-order valence-electron chi connectivity index (χ0n) is 21.3. The fraction of sp³-hybridized carbons (Fsp3) is 0.0741. The summed E-state index contributed by atoms with van der Waals surface area (Å²) in [5.74, 6) is -4.61. The number of carboxylic acid groups (broad SMARTS) is 4. The Balaban J connectivity index is 0.000000433. The van der Waals surface area contributed by atoms with Crippen LogP contribution >= 0.6 is 23.6 Å². The van der Waals surface area contributed by atoms with Crippen LogP contribution in [0.2, 0.25) is 0 Å². The number of allylic oxidation sites excluding steroid dienone is 4. The van der Waals surface area contributed by atoms with Crippen molar-refractivity contribution in [1.29, 1.82) is 5.41 Å². The van der Waals surface area contributed by atoms with Gasteiger partial charge in [-0.15, -0.1) is 11.3 Å². The minimum absolute atomic E-state index is 0.416. The molecule has 2 aromatic rings. The number of hydrogen-bond donors (Lipinski definition) is 7. The summed E-state index contributed by atoms with van der Waals surface area (Å²) in [6.07, 6.45) is 10.6. The molecular formula is C27H26N4O8S2. The van der Waals surface area contributed by atoms with E-state index in [4.69, 9.17) is 38.1 Å². The quantitative estimate of drug-likeness (QED) is 0.0901.